The minimum absolute atomic E-state index is 0.0143. The van der Waals surface area contributed by atoms with Gasteiger partial charge < -0.3 is 14.8 Å². The molecule has 3 unspecified atom stereocenters. The molecule has 4 nitrogen and oxygen atoms in total. The number of nitrogens with zero attached hydrogens (tertiary/aromatic N) is 2. The highest BCUT2D eigenvalue weighted by molar-refractivity contribution is 8.00. The van der Waals surface area contributed by atoms with Gasteiger partial charge >= 0.3 is 0 Å². The summed E-state index contributed by atoms with van der Waals surface area (Å²) >= 11 is 1.51. The van der Waals surface area contributed by atoms with Crippen molar-refractivity contribution in [2.24, 2.45) is 0 Å². The molecule has 3 atom stereocenters. The van der Waals surface area contributed by atoms with Gasteiger partial charge in [-0.15, -0.1) is 11.8 Å². The smallest absolute Gasteiger partial charge is 0.130 e. The molecule has 1 aromatic heterocycles. The van der Waals surface area contributed by atoms with E-state index >= 15 is 0 Å². The van der Waals surface area contributed by atoms with Gasteiger partial charge in [0.1, 0.15) is 5.82 Å². The van der Waals surface area contributed by atoms with Crippen LogP contribution in [0.1, 0.15) is 49.1 Å². The van der Waals surface area contributed by atoms with Gasteiger partial charge in [0, 0.05) is 27.7 Å². The number of fused-ring (bicyclic) bond motifs is 4. The fourth-order valence-electron chi connectivity index (χ4n) is 4.44. The van der Waals surface area contributed by atoms with Crippen molar-refractivity contribution in [1.29, 1.82) is 0 Å². The number of hydrogen-bond acceptors (Lipinski definition) is 4. The molecule has 2 aliphatic heterocycles. The summed E-state index contributed by atoms with van der Waals surface area (Å²) in [5.74, 6) is -0.391. The Labute approximate surface area is 173 Å². The predicted molar refractivity (Wildman–Crippen MR) is 111 cm³/mol. The van der Waals surface area contributed by atoms with Crippen LogP contribution in [0.2, 0.25) is 0 Å². The first kappa shape index (κ1) is 18.9. The summed E-state index contributed by atoms with van der Waals surface area (Å²) in [4.78, 5) is 5.11. The van der Waals surface area contributed by atoms with E-state index in [1.54, 1.807) is 26.2 Å². The van der Waals surface area contributed by atoms with Crippen molar-refractivity contribution < 1.29 is 14.6 Å². The number of aliphatic hydroxyl groups excluding tert-OH is 1. The highest BCUT2D eigenvalue weighted by Crippen LogP contribution is 2.46. The van der Waals surface area contributed by atoms with Crippen LogP contribution in [0.4, 0.5) is 4.39 Å². The summed E-state index contributed by atoms with van der Waals surface area (Å²) in [6.45, 7) is 3.56. The number of aromatic nitrogens is 2. The van der Waals surface area contributed by atoms with E-state index in [2.05, 4.69) is 21.7 Å². The van der Waals surface area contributed by atoms with E-state index in [1.165, 1.54) is 17.8 Å². The molecular weight excluding hydrogens is 387 g/mol. The molecule has 3 heterocycles. The Kier molecular flexibility index (Phi) is 4.35. The van der Waals surface area contributed by atoms with Crippen LogP contribution in [0.25, 0.3) is 11.3 Å². The Morgan fingerprint density at radius 1 is 1.31 bits per heavy atom. The molecule has 2 aliphatic rings. The lowest BCUT2D eigenvalue weighted by Crippen LogP contribution is -2.32. The summed E-state index contributed by atoms with van der Waals surface area (Å²) in [5.41, 5.74) is 3.74. The molecule has 150 valence electrons. The first-order valence-electron chi connectivity index (χ1n) is 9.83. The highest BCUT2D eigenvalue weighted by atomic mass is 32.2. The lowest BCUT2D eigenvalue weighted by atomic mass is 9.93. The third-order valence-corrected chi connectivity index (χ3v) is 7.71. The SMILES string of the molecule is CC(C)(O)C1Cc2cc(C(O)CC3c4ccccc4-c4cncn43)c(F)cc2S1. The van der Waals surface area contributed by atoms with Crippen LogP contribution in [0, 0.1) is 5.82 Å². The minimum Gasteiger partial charge on any atom is -0.389 e. The van der Waals surface area contributed by atoms with Crippen molar-refractivity contribution in [3.05, 3.63) is 71.4 Å². The number of aliphatic hydroxyl groups is 2. The minimum atomic E-state index is -0.933. The zero-order valence-corrected chi connectivity index (χ0v) is 17.2. The van der Waals surface area contributed by atoms with Crippen LogP contribution in [0.15, 0.2) is 53.8 Å². The molecule has 0 spiro atoms. The van der Waals surface area contributed by atoms with Gasteiger partial charge in [-0.25, -0.2) is 9.37 Å². The molecule has 29 heavy (non-hydrogen) atoms. The van der Waals surface area contributed by atoms with Crippen LogP contribution in [0.3, 0.4) is 0 Å². The van der Waals surface area contributed by atoms with E-state index in [0.717, 1.165) is 27.3 Å². The Morgan fingerprint density at radius 3 is 2.90 bits per heavy atom. The van der Waals surface area contributed by atoms with Gasteiger partial charge in [0.05, 0.1) is 36.0 Å². The molecule has 5 rings (SSSR count). The third kappa shape index (κ3) is 3.10. The van der Waals surface area contributed by atoms with Crippen LogP contribution in [0.5, 0.6) is 0 Å². The van der Waals surface area contributed by atoms with Crippen LogP contribution in [-0.2, 0) is 6.42 Å². The molecule has 3 aromatic rings. The van der Waals surface area contributed by atoms with Gasteiger partial charge in [-0.2, -0.15) is 0 Å². The molecule has 0 fully saturated rings. The lowest BCUT2D eigenvalue weighted by molar-refractivity contribution is 0.0786. The van der Waals surface area contributed by atoms with Crippen LogP contribution < -0.4 is 0 Å². The Morgan fingerprint density at radius 2 is 2.10 bits per heavy atom. The van der Waals surface area contributed by atoms with E-state index in [-0.39, 0.29) is 11.3 Å². The molecule has 0 radical (unpaired) electrons. The van der Waals surface area contributed by atoms with Gasteiger partial charge in [-0.1, -0.05) is 24.3 Å². The largest absolute Gasteiger partial charge is 0.389 e. The second-order valence-electron chi connectivity index (χ2n) is 8.49. The van der Waals surface area contributed by atoms with Gasteiger partial charge in [0.25, 0.3) is 0 Å². The zero-order valence-electron chi connectivity index (χ0n) is 16.3. The maximum Gasteiger partial charge on any atom is 0.130 e. The molecule has 0 saturated heterocycles. The Balaban J connectivity index is 1.44. The number of rotatable bonds is 4. The molecule has 0 amide bonds. The van der Waals surface area contributed by atoms with Crippen molar-refractivity contribution >= 4 is 11.8 Å². The number of benzene rings is 2. The quantitative estimate of drug-likeness (QED) is 0.665. The average Bonchev–Trinajstić information content (AvgIpc) is 3.36. The second kappa shape index (κ2) is 6.69. The normalized spacial score (nSPS) is 21.0. The first-order chi connectivity index (χ1) is 13.8. The lowest BCUT2D eigenvalue weighted by Gasteiger charge is -2.24. The van der Waals surface area contributed by atoms with Gasteiger partial charge in [0.2, 0.25) is 0 Å². The van der Waals surface area contributed by atoms with Gasteiger partial charge in [-0.3, -0.25) is 0 Å². The maximum absolute atomic E-state index is 14.9. The van der Waals surface area contributed by atoms with E-state index in [0.29, 0.717) is 18.4 Å². The van der Waals surface area contributed by atoms with Gasteiger partial charge in [0.15, 0.2) is 0 Å². The Hall–Kier alpha value is -2.15. The van der Waals surface area contributed by atoms with E-state index in [9.17, 15) is 14.6 Å². The molecule has 0 bridgehead atoms. The topological polar surface area (TPSA) is 58.3 Å². The average molecular weight is 411 g/mol. The third-order valence-electron chi connectivity index (χ3n) is 6.05. The summed E-state index contributed by atoms with van der Waals surface area (Å²) in [6.07, 6.45) is 3.71. The fourth-order valence-corrected chi connectivity index (χ4v) is 5.77. The van der Waals surface area contributed by atoms with Crippen LogP contribution >= 0.6 is 11.8 Å². The summed E-state index contributed by atoms with van der Waals surface area (Å²) in [7, 11) is 0. The molecule has 6 heteroatoms. The summed E-state index contributed by atoms with van der Waals surface area (Å²) < 4.78 is 16.9. The first-order valence-corrected chi connectivity index (χ1v) is 10.7. The van der Waals surface area contributed by atoms with Crippen molar-refractivity contribution in [3.8, 4) is 11.3 Å². The van der Waals surface area contributed by atoms with Gasteiger partial charge in [-0.05, 0) is 43.5 Å². The van der Waals surface area contributed by atoms with Crippen LogP contribution in [-0.4, -0.2) is 30.6 Å². The maximum atomic E-state index is 14.9. The molecule has 0 saturated carbocycles. The molecule has 2 aromatic carbocycles. The number of imidazole rings is 1. The molecule has 2 N–H and O–H groups in total. The summed E-state index contributed by atoms with van der Waals surface area (Å²) in [6, 6.07) is 11.3. The number of thioether (sulfide) groups is 1. The van der Waals surface area contributed by atoms with Crippen molar-refractivity contribution in [2.45, 2.75) is 54.6 Å². The zero-order chi connectivity index (χ0) is 20.3. The van der Waals surface area contributed by atoms with Crippen molar-refractivity contribution in [3.63, 3.8) is 0 Å². The highest BCUT2D eigenvalue weighted by Gasteiger charge is 2.36. The predicted octanol–water partition coefficient (Wildman–Crippen LogP) is 4.50. The molecule has 0 aliphatic carbocycles. The fraction of sp³-hybridized carbons (Fsp3) is 0.348. The standard InChI is InChI=1S/C23H23FN2O2S/c1-23(2,28)22-8-13-7-16(17(24)9-21(13)29-22)20(27)10-18-14-5-3-4-6-15(14)19-11-25-12-26(18)19/h3-7,9,11-12,18,20,22,27-28H,8,10H2,1-2H3. The summed E-state index contributed by atoms with van der Waals surface area (Å²) in [5, 5.41) is 21.3. The molecular formula is C23H23FN2O2S. The van der Waals surface area contributed by atoms with E-state index in [1.807, 2.05) is 18.3 Å². The van der Waals surface area contributed by atoms with Crippen molar-refractivity contribution in [1.82, 2.24) is 9.55 Å². The van der Waals surface area contributed by atoms with E-state index < -0.39 is 17.5 Å². The second-order valence-corrected chi connectivity index (χ2v) is 9.73. The van der Waals surface area contributed by atoms with E-state index in [4.69, 9.17) is 0 Å². The monoisotopic (exact) mass is 410 g/mol. The number of hydrogen-bond donors (Lipinski definition) is 2. The number of halogens is 1. The van der Waals surface area contributed by atoms with Crippen molar-refractivity contribution in [2.75, 3.05) is 0 Å². The Bertz CT molecular complexity index is 1090.